The minimum atomic E-state index is -4.48. The molecule has 3 rings (SSSR count). The summed E-state index contributed by atoms with van der Waals surface area (Å²) >= 11 is 0. The molecule has 1 aliphatic carbocycles. The Kier molecular flexibility index (Phi) is 6.51. The molecule has 154 valence electrons. The lowest BCUT2D eigenvalue weighted by Crippen LogP contribution is -2.25. The zero-order valence-corrected chi connectivity index (χ0v) is 15.7. The maximum absolute atomic E-state index is 12.3. The summed E-state index contributed by atoms with van der Waals surface area (Å²) < 4.78 is 41.7. The Morgan fingerprint density at radius 2 is 1.90 bits per heavy atom. The Hall–Kier alpha value is -2.90. The monoisotopic (exact) mass is 406 g/mol. The van der Waals surface area contributed by atoms with Gasteiger partial charge in [-0.2, -0.15) is 13.2 Å². The standard InChI is InChI=1S/C21H21F3N2O3/c22-21(23,24)13-29-20-17(5-2-10-25-20)12-26-19(28)9-8-18(27)16-7-6-14-3-1-4-15(14)11-16/h2,5-7,10-11H,1,3-4,8-9,12-13H2,(H,26,28). The molecule has 1 aromatic carbocycles. The van der Waals surface area contributed by atoms with Gasteiger partial charge in [-0.15, -0.1) is 0 Å². The number of alkyl halides is 3. The first-order valence-electron chi connectivity index (χ1n) is 9.37. The van der Waals surface area contributed by atoms with Gasteiger partial charge in [0.2, 0.25) is 11.8 Å². The normalized spacial score (nSPS) is 13.1. The molecule has 0 spiro atoms. The van der Waals surface area contributed by atoms with Gasteiger partial charge in [-0.1, -0.05) is 18.2 Å². The summed E-state index contributed by atoms with van der Waals surface area (Å²) in [5.74, 6) is -0.657. The summed E-state index contributed by atoms with van der Waals surface area (Å²) in [6.07, 6.45) is 0.000693. The number of hydrogen-bond donors (Lipinski definition) is 1. The summed E-state index contributed by atoms with van der Waals surface area (Å²) in [7, 11) is 0. The first-order valence-corrected chi connectivity index (χ1v) is 9.37. The Morgan fingerprint density at radius 1 is 1.10 bits per heavy atom. The highest BCUT2D eigenvalue weighted by molar-refractivity contribution is 5.98. The molecule has 1 N–H and O–H groups in total. The molecule has 1 heterocycles. The highest BCUT2D eigenvalue weighted by atomic mass is 19.4. The molecular formula is C21H21F3N2O3. The average molecular weight is 406 g/mol. The first kappa shape index (κ1) is 20.8. The molecule has 8 heteroatoms. The van der Waals surface area contributed by atoms with Crippen LogP contribution in [0, 0.1) is 0 Å². The second-order valence-electron chi connectivity index (χ2n) is 6.91. The van der Waals surface area contributed by atoms with E-state index in [1.165, 1.54) is 23.4 Å². The molecule has 0 unspecified atom stereocenters. The van der Waals surface area contributed by atoms with E-state index < -0.39 is 12.8 Å². The van der Waals surface area contributed by atoms with Crippen molar-refractivity contribution in [1.29, 1.82) is 0 Å². The Labute approximate surface area is 166 Å². The van der Waals surface area contributed by atoms with Gasteiger partial charge in [-0.25, -0.2) is 4.98 Å². The predicted octanol–water partition coefficient (Wildman–Crippen LogP) is 3.79. The summed E-state index contributed by atoms with van der Waals surface area (Å²) in [5.41, 5.74) is 3.41. The van der Waals surface area contributed by atoms with Gasteiger partial charge < -0.3 is 10.1 Å². The fraction of sp³-hybridized carbons (Fsp3) is 0.381. The van der Waals surface area contributed by atoms with E-state index in [1.807, 2.05) is 12.1 Å². The van der Waals surface area contributed by atoms with Crippen LogP contribution in [0.4, 0.5) is 13.2 Å². The molecular weight excluding hydrogens is 385 g/mol. The van der Waals surface area contributed by atoms with Crippen LogP contribution in [-0.4, -0.2) is 29.5 Å². The van der Waals surface area contributed by atoms with Crippen LogP contribution in [0.2, 0.25) is 0 Å². The Morgan fingerprint density at radius 3 is 2.69 bits per heavy atom. The largest absolute Gasteiger partial charge is 0.468 e. The Bertz CT molecular complexity index is 897. The maximum Gasteiger partial charge on any atom is 0.422 e. The lowest BCUT2D eigenvalue weighted by atomic mass is 10.0. The van der Waals surface area contributed by atoms with E-state index >= 15 is 0 Å². The van der Waals surface area contributed by atoms with E-state index in [1.54, 1.807) is 12.1 Å². The van der Waals surface area contributed by atoms with Gasteiger partial charge in [0.25, 0.3) is 0 Å². The van der Waals surface area contributed by atoms with Gasteiger partial charge in [-0.05, 0) is 42.5 Å². The molecule has 1 amide bonds. The number of aromatic nitrogens is 1. The van der Waals surface area contributed by atoms with Crippen molar-refractivity contribution < 1.29 is 27.5 Å². The Balaban J connectivity index is 1.48. The SMILES string of the molecule is O=C(CCC(=O)c1ccc2c(c1)CCC2)NCc1cccnc1OCC(F)(F)F. The molecule has 29 heavy (non-hydrogen) atoms. The van der Waals surface area contributed by atoms with Crippen molar-refractivity contribution in [2.75, 3.05) is 6.61 Å². The molecule has 0 saturated heterocycles. The van der Waals surface area contributed by atoms with Crippen molar-refractivity contribution in [1.82, 2.24) is 10.3 Å². The number of rotatable bonds is 8. The maximum atomic E-state index is 12.3. The minimum absolute atomic E-state index is 0.00504. The number of carbonyl (C=O) groups is 2. The van der Waals surface area contributed by atoms with Gasteiger partial charge in [0.05, 0.1) is 0 Å². The van der Waals surface area contributed by atoms with E-state index in [9.17, 15) is 22.8 Å². The lowest BCUT2D eigenvalue weighted by Gasteiger charge is -2.12. The smallest absolute Gasteiger partial charge is 0.422 e. The zero-order chi connectivity index (χ0) is 20.9. The van der Waals surface area contributed by atoms with Crippen molar-refractivity contribution in [3.63, 3.8) is 0 Å². The fourth-order valence-electron chi connectivity index (χ4n) is 3.24. The number of fused-ring (bicyclic) bond motifs is 1. The third-order valence-electron chi connectivity index (χ3n) is 4.70. The fourth-order valence-corrected chi connectivity index (χ4v) is 3.24. The number of benzene rings is 1. The van der Waals surface area contributed by atoms with Crippen molar-refractivity contribution in [2.45, 2.75) is 44.8 Å². The number of halogens is 3. The number of ether oxygens (including phenoxy) is 1. The van der Waals surface area contributed by atoms with Crippen molar-refractivity contribution in [3.8, 4) is 5.88 Å². The second kappa shape index (κ2) is 9.07. The van der Waals surface area contributed by atoms with Crippen molar-refractivity contribution in [3.05, 3.63) is 58.8 Å². The number of aryl methyl sites for hydroxylation is 2. The van der Waals surface area contributed by atoms with E-state index in [2.05, 4.69) is 15.0 Å². The van der Waals surface area contributed by atoms with Gasteiger partial charge in [0.1, 0.15) is 0 Å². The van der Waals surface area contributed by atoms with Crippen LogP contribution in [0.5, 0.6) is 5.88 Å². The molecule has 5 nitrogen and oxygen atoms in total. The summed E-state index contributed by atoms with van der Waals surface area (Å²) in [5, 5.41) is 2.59. The molecule has 0 aliphatic heterocycles. The number of carbonyl (C=O) groups excluding carboxylic acids is 2. The molecule has 1 aliphatic rings. The highest BCUT2D eigenvalue weighted by Gasteiger charge is 2.29. The van der Waals surface area contributed by atoms with Gasteiger partial charge in [0.15, 0.2) is 12.4 Å². The van der Waals surface area contributed by atoms with E-state index in [-0.39, 0.29) is 37.0 Å². The van der Waals surface area contributed by atoms with Crippen molar-refractivity contribution in [2.24, 2.45) is 0 Å². The molecule has 0 atom stereocenters. The predicted molar refractivity (Wildman–Crippen MR) is 99.7 cm³/mol. The van der Waals surface area contributed by atoms with Crippen molar-refractivity contribution >= 4 is 11.7 Å². The number of amides is 1. The van der Waals surface area contributed by atoms with Crippen LogP contribution in [0.1, 0.15) is 46.3 Å². The lowest BCUT2D eigenvalue weighted by molar-refractivity contribution is -0.154. The summed E-state index contributed by atoms with van der Waals surface area (Å²) in [6, 6.07) is 8.74. The van der Waals surface area contributed by atoms with Crippen LogP contribution >= 0.6 is 0 Å². The number of nitrogens with zero attached hydrogens (tertiary/aromatic N) is 1. The van der Waals surface area contributed by atoms with E-state index in [4.69, 9.17) is 0 Å². The minimum Gasteiger partial charge on any atom is -0.468 e. The quantitative estimate of drug-likeness (QED) is 0.678. The second-order valence-corrected chi connectivity index (χ2v) is 6.91. The third kappa shape index (κ3) is 6.04. The molecule has 0 saturated carbocycles. The zero-order valence-electron chi connectivity index (χ0n) is 15.7. The molecule has 0 radical (unpaired) electrons. The highest BCUT2D eigenvalue weighted by Crippen LogP contribution is 2.23. The van der Waals surface area contributed by atoms with Crippen LogP contribution in [0.15, 0.2) is 36.5 Å². The van der Waals surface area contributed by atoms with Crippen LogP contribution in [0.25, 0.3) is 0 Å². The van der Waals surface area contributed by atoms with Gasteiger partial charge >= 0.3 is 6.18 Å². The summed E-state index contributed by atoms with van der Waals surface area (Å²) in [4.78, 5) is 28.2. The van der Waals surface area contributed by atoms with E-state index in [0.717, 1.165) is 19.3 Å². The first-order chi connectivity index (χ1) is 13.8. The number of ketones is 1. The average Bonchev–Trinajstić information content (AvgIpc) is 3.16. The molecule has 2 aromatic rings. The summed E-state index contributed by atoms with van der Waals surface area (Å²) in [6.45, 7) is -1.49. The number of nitrogens with one attached hydrogen (secondary N) is 1. The van der Waals surface area contributed by atoms with Gasteiger partial charge in [-0.3, -0.25) is 9.59 Å². The van der Waals surface area contributed by atoms with E-state index in [0.29, 0.717) is 11.1 Å². The van der Waals surface area contributed by atoms with Gasteiger partial charge in [0, 0.05) is 36.7 Å². The molecule has 0 fully saturated rings. The number of Topliss-reactive ketones (excluding diaryl/α,β-unsaturated/α-hetero) is 1. The third-order valence-corrected chi connectivity index (χ3v) is 4.70. The number of pyridine rings is 1. The van der Waals surface area contributed by atoms with Crippen LogP contribution in [0.3, 0.4) is 0 Å². The topological polar surface area (TPSA) is 68.3 Å². The number of hydrogen-bond acceptors (Lipinski definition) is 4. The molecule has 1 aromatic heterocycles. The molecule has 0 bridgehead atoms. The van der Waals surface area contributed by atoms with Crippen LogP contribution < -0.4 is 10.1 Å². The van der Waals surface area contributed by atoms with Crippen LogP contribution in [-0.2, 0) is 24.2 Å².